The van der Waals surface area contributed by atoms with E-state index in [1.54, 1.807) is 4.90 Å². The first-order valence-corrected chi connectivity index (χ1v) is 7.23. The van der Waals surface area contributed by atoms with Crippen LogP contribution >= 0.6 is 0 Å². The lowest BCUT2D eigenvalue weighted by Crippen LogP contribution is -2.46. The van der Waals surface area contributed by atoms with Crippen LogP contribution in [-0.4, -0.2) is 30.5 Å². The van der Waals surface area contributed by atoms with Crippen molar-refractivity contribution < 1.29 is 9.53 Å². The molecular weight excluding hydrogens is 252 g/mol. The lowest BCUT2D eigenvalue weighted by Gasteiger charge is -2.37. The predicted molar refractivity (Wildman–Crippen MR) is 79.5 cm³/mol. The summed E-state index contributed by atoms with van der Waals surface area (Å²) in [6.45, 7) is 4.95. The minimum absolute atomic E-state index is 0.000123. The lowest BCUT2D eigenvalue weighted by molar-refractivity contribution is -0.135. The number of rotatable bonds is 4. The highest BCUT2D eigenvalue weighted by Crippen LogP contribution is 2.30. The van der Waals surface area contributed by atoms with Crippen molar-refractivity contribution in [3.05, 3.63) is 29.8 Å². The number of carbonyl (C=O) groups is 1. The second-order valence-corrected chi connectivity index (χ2v) is 5.93. The van der Waals surface area contributed by atoms with Gasteiger partial charge in [-0.05, 0) is 30.0 Å². The molecule has 0 spiro atoms. The summed E-state index contributed by atoms with van der Waals surface area (Å²) in [5, 5.41) is 0. The zero-order valence-corrected chi connectivity index (χ0v) is 12.5. The third kappa shape index (κ3) is 3.31. The van der Waals surface area contributed by atoms with Crippen LogP contribution in [0.25, 0.3) is 0 Å². The molecule has 1 aliphatic rings. The second-order valence-electron chi connectivity index (χ2n) is 5.93. The molecule has 1 saturated heterocycles. The Balaban J connectivity index is 2.10. The maximum atomic E-state index is 11.8. The molecule has 2 atom stereocenters. The van der Waals surface area contributed by atoms with Gasteiger partial charge >= 0.3 is 0 Å². The standard InChI is InChI=1S/C16H24N2O2/c1-11(2)10-20-13-6-4-12(5-7-13)16-14(17)8-9-15(19)18(16)3/h4-7,11,14,16H,8-10,17H2,1-3H3. The van der Waals surface area contributed by atoms with E-state index in [4.69, 9.17) is 10.5 Å². The minimum Gasteiger partial charge on any atom is -0.493 e. The Morgan fingerprint density at radius 2 is 2.00 bits per heavy atom. The first-order chi connectivity index (χ1) is 9.49. The van der Waals surface area contributed by atoms with Crippen molar-refractivity contribution in [1.29, 1.82) is 0 Å². The monoisotopic (exact) mass is 276 g/mol. The maximum Gasteiger partial charge on any atom is 0.222 e. The quantitative estimate of drug-likeness (QED) is 0.918. The Morgan fingerprint density at radius 3 is 2.60 bits per heavy atom. The summed E-state index contributed by atoms with van der Waals surface area (Å²) in [5.41, 5.74) is 7.25. The molecule has 1 aromatic rings. The summed E-state index contributed by atoms with van der Waals surface area (Å²) in [6, 6.07) is 7.90. The van der Waals surface area contributed by atoms with Gasteiger partial charge in [0.25, 0.3) is 0 Å². The summed E-state index contributed by atoms with van der Waals surface area (Å²) in [4.78, 5) is 13.6. The SMILES string of the molecule is CC(C)COc1ccc(C2C(N)CCC(=O)N2C)cc1. The molecule has 0 aliphatic carbocycles. The number of likely N-dealkylation sites (tertiary alicyclic amines) is 1. The van der Waals surface area contributed by atoms with E-state index in [0.29, 0.717) is 18.9 Å². The Hall–Kier alpha value is -1.55. The molecule has 4 nitrogen and oxygen atoms in total. The zero-order valence-electron chi connectivity index (χ0n) is 12.5. The molecule has 1 fully saturated rings. The fourth-order valence-electron chi connectivity index (χ4n) is 2.56. The molecule has 1 aliphatic heterocycles. The van der Waals surface area contributed by atoms with E-state index in [1.807, 2.05) is 31.3 Å². The maximum absolute atomic E-state index is 11.8. The summed E-state index contributed by atoms with van der Waals surface area (Å²) < 4.78 is 5.67. The van der Waals surface area contributed by atoms with E-state index in [2.05, 4.69) is 13.8 Å². The van der Waals surface area contributed by atoms with Crippen molar-refractivity contribution in [2.75, 3.05) is 13.7 Å². The smallest absolute Gasteiger partial charge is 0.222 e. The molecule has 2 rings (SSSR count). The van der Waals surface area contributed by atoms with Crippen LogP contribution < -0.4 is 10.5 Å². The van der Waals surface area contributed by atoms with Gasteiger partial charge in [-0.2, -0.15) is 0 Å². The number of carbonyl (C=O) groups excluding carboxylic acids is 1. The van der Waals surface area contributed by atoms with E-state index >= 15 is 0 Å². The van der Waals surface area contributed by atoms with Crippen LogP contribution in [0.5, 0.6) is 5.75 Å². The van der Waals surface area contributed by atoms with Gasteiger partial charge in [-0.15, -0.1) is 0 Å². The Morgan fingerprint density at radius 1 is 1.35 bits per heavy atom. The molecule has 0 aromatic heterocycles. The third-order valence-electron chi connectivity index (χ3n) is 3.71. The summed E-state index contributed by atoms with van der Waals surface area (Å²) >= 11 is 0. The Labute approximate surface area is 120 Å². The summed E-state index contributed by atoms with van der Waals surface area (Å²) in [7, 11) is 1.83. The van der Waals surface area contributed by atoms with Crippen LogP contribution in [0.15, 0.2) is 24.3 Å². The zero-order chi connectivity index (χ0) is 14.7. The Bertz CT molecular complexity index is 456. The van der Waals surface area contributed by atoms with Crippen LogP contribution in [0.3, 0.4) is 0 Å². The van der Waals surface area contributed by atoms with Crippen LogP contribution in [0, 0.1) is 5.92 Å². The van der Waals surface area contributed by atoms with E-state index in [1.165, 1.54) is 0 Å². The molecule has 110 valence electrons. The van der Waals surface area contributed by atoms with Gasteiger partial charge in [0.1, 0.15) is 5.75 Å². The van der Waals surface area contributed by atoms with Gasteiger partial charge in [0.2, 0.25) is 5.91 Å². The first-order valence-electron chi connectivity index (χ1n) is 7.23. The topological polar surface area (TPSA) is 55.6 Å². The fourth-order valence-corrected chi connectivity index (χ4v) is 2.56. The van der Waals surface area contributed by atoms with Crippen LogP contribution in [0.2, 0.25) is 0 Å². The van der Waals surface area contributed by atoms with Gasteiger partial charge in [-0.25, -0.2) is 0 Å². The lowest BCUT2D eigenvalue weighted by atomic mass is 9.91. The van der Waals surface area contributed by atoms with Gasteiger partial charge in [0.05, 0.1) is 12.6 Å². The van der Waals surface area contributed by atoms with E-state index in [9.17, 15) is 4.79 Å². The molecule has 20 heavy (non-hydrogen) atoms. The molecular formula is C16H24N2O2. The predicted octanol–water partition coefficient (Wildman–Crippen LogP) is 2.34. The molecule has 1 amide bonds. The number of likely N-dealkylation sites (N-methyl/N-ethyl adjacent to an activating group) is 1. The van der Waals surface area contributed by atoms with E-state index < -0.39 is 0 Å². The fraction of sp³-hybridized carbons (Fsp3) is 0.562. The van der Waals surface area contributed by atoms with Crippen molar-refractivity contribution >= 4 is 5.91 Å². The van der Waals surface area contributed by atoms with Crippen LogP contribution in [-0.2, 0) is 4.79 Å². The number of nitrogens with zero attached hydrogens (tertiary/aromatic N) is 1. The first kappa shape index (κ1) is 14.9. The highest BCUT2D eigenvalue weighted by molar-refractivity contribution is 5.77. The number of piperidine rings is 1. The molecule has 2 unspecified atom stereocenters. The number of nitrogens with two attached hydrogens (primary N) is 1. The van der Waals surface area contributed by atoms with Gasteiger partial charge in [0.15, 0.2) is 0 Å². The van der Waals surface area contributed by atoms with Crippen molar-refractivity contribution in [1.82, 2.24) is 4.90 Å². The third-order valence-corrected chi connectivity index (χ3v) is 3.71. The number of hydrogen-bond acceptors (Lipinski definition) is 3. The Kier molecular flexibility index (Phi) is 4.65. The molecule has 0 bridgehead atoms. The van der Waals surface area contributed by atoms with Crippen molar-refractivity contribution in [3.63, 3.8) is 0 Å². The minimum atomic E-state index is -0.0320. The van der Waals surface area contributed by atoms with Crippen molar-refractivity contribution in [2.45, 2.75) is 38.8 Å². The number of hydrogen-bond donors (Lipinski definition) is 1. The van der Waals surface area contributed by atoms with Crippen molar-refractivity contribution in [2.24, 2.45) is 11.7 Å². The number of ether oxygens (including phenoxy) is 1. The van der Waals surface area contributed by atoms with Gasteiger partial charge < -0.3 is 15.4 Å². The molecule has 0 radical (unpaired) electrons. The van der Waals surface area contributed by atoms with Gasteiger partial charge in [0, 0.05) is 19.5 Å². The average Bonchev–Trinajstić information content (AvgIpc) is 2.42. The molecule has 2 N–H and O–H groups in total. The molecule has 1 aromatic carbocycles. The molecule has 1 heterocycles. The van der Waals surface area contributed by atoms with Crippen LogP contribution in [0.4, 0.5) is 0 Å². The molecule has 4 heteroatoms. The van der Waals surface area contributed by atoms with Crippen molar-refractivity contribution in [3.8, 4) is 5.75 Å². The van der Waals surface area contributed by atoms with E-state index in [-0.39, 0.29) is 18.0 Å². The van der Waals surface area contributed by atoms with Gasteiger partial charge in [-0.3, -0.25) is 4.79 Å². The largest absolute Gasteiger partial charge is 0.493 e. The normalized spacial score (nSPS) is 23.2. The average molecular weight is 276 g/mol. The van der Waals surface area contributed by atoms with Crippen LogP contribution in [0.1, 0.15) is 38.3 Å². The number of amides is 1. The highest BCUT2D eigenvalue weighted by atomic mass is 16.5. The van der Waals surface area contributed by atoms with E-state index in [0.717, 1.165) is 17.7 Å². The second kappa shape index (κ2) is 6.27. The summed E-state index contributed by atoms with van der Waals surface area (Å²) in [6.07, 6.45) is 1.29. The van der Waals surface area contributed by atoms with Gasteiger partial charge in [-0.1, -0.05) is 26.0 Å². The molecule has 0 saturated carbocycles. The highest BCUT2D eigenvalue weighted by Gasteiger charge is 2.32. The number of benzene rings is 1. The summed E-state index contributed by atoms with van der Waals surface area (Å²) in [5.74, 6) is 1.53.